The predicted octanol–water partition coefficient (Wildman–Crippen LogP) is 5.76. The van der Waals surface area contributed by atoms with Gasteiger partial charge in [0.2, 0.25) is 0 Å². The molecule has 4 rings (SSSR count). The number of phenols is 4. The topological polar surface area (TPSA) is 187 Å². The summed E-state index contributed by atoms with van der Waals surface area (Å²) in [5.41, 5.74) is 2.58. The van der Waals surface area contributed by atoms with Gasteiger partial charge in [-0.2, -0.15) is 10.5 Å². The number of rotatable bonds is 8. The normalized spacial score (nSPS) is 12.3. The molecule has 232 valence electrons. The highest BCUT2D eigenvalue weighted by molar-refractivity contribution is 6.02. The smallest absolute Gasteiger partial charge is 0.262 e. The van der Waals surface area contributed by atoms with Gasteiger partial charge in [0.25, 0.3) is 11.8 Å². The van der Waals surface area contributed by atoms with Gasteiger partial charge in [-0.3, -0.25) is 9.59 Å². The number of hydrogen-bond donors (Lipinski definition) is 6. The van der Waals surface area contributed by atoms with Crippen LogP contribution >= 0.6 is 0 Å². The van der Waals surface area contributed by atoms with Crippen molar-refractivity contribution in [2.45, 2.75) is 25.9 Å². The maximum atomic E-state index is 12.2. The molecule has 4 aromatic carbocycles. The molecule has 0 bridgehead atoms. The number of nitrogens with zero attached hydrogens (tertiary/aromatic N) is 2. The zero-order valence-corrected chi connectivity index (χ0v) is 25.0. The second-order valence-corrected chi connectivity index (χ2v) is 10.0. The molecule has 0 saturated heterocycles. The van der Waals surface area contributed by atoms with Gasteiger partial charge in [0.15, 0.2) is 23.0 Å². The van der Waals surface area contributed by atoms with Crippen molar-refractivity contribution in [3.05, 3.63) is 130 Å². The van der Waals surface area contributed by atoms with Gasteiger partial charge in [0.05, 0.1) is 12.1 Å². The Morgan fingerprint density at radius 2 is 0.935 bits per heavy atom. The Labute approximate surface area is 266 Å². The van der Waals surface area contributed by atoms with Crippen molar-refractivity contribution in [2.75, 3.05) is 0 Å². The second-order valence-electron chi connectivity index (χ2n) is 10.0. The first kappa shape index (κ1) is 34.0. The van der Waals surface area contributed by atoms with Crippen LogP contribution in [0.2, 0.25) is 0 Å². The number of hydrogen-bond acceptors (Lipinski definition) is 8. The molecule has 0 spiro atoms. The zero-order chi connectivity index (χ0) is 33.6. The molecule has 4 aromatic rings. The third-order valence-corrected chi connectivity index (χ3v) is 6.65. The van der Waals surface area contributed by atoms with Crippen molar-refractivity contribution in [3.63, 3.8) is 0 Å². The van der Waals surface area contributed by atoms with E-state index in [4.69, 9.17) is 0 Å². The van der Waals surface area contributed by atoms with E-state index in [0.29, 0.717) is 11.1 Å². The Morgan fingerprint density at radius 1 is 0.587 bits per heavy atom. The number of phenolic OH excluding ortho intramolecular Hbond substituents is 4. The maximum Gasteiger partial charge on any atom is 0.262 e. The molecule has 0 aliphatic carbocycles. The van der Waals surface area contributed by atoms with Crippen molar-refractivity contribution in [3.8, 4) is 35.1 Å². The van der Waals surface area contributed by atoms with Crippen LogP contribution in [0.4, 0.5) is 0 Å². The minimum absolute atomic E-state index is 0.0853. The molecule has 0 unspecified atom stereocenters. The number of aromatic hydroxyl groups is 4. The summed E-state index contributed by atoms with van der Waals surface area (Å²) in [6.45, 7) is 3.66. The van der Waals surface area contributed by atoms with E-state index in [9.17, 15) is 40.5 Å². The van der Waals surface area contributed by atoms with Gasteiger partial charge in [-0.05, 0) is 72.5 Å². The molecule has 6 N–H and O–H groups in total. The zero-order valence-electron chi connectivity index (χ0n) is 25.0. The molecule has 46 heavy (non-hydrogen) atoms. The summed E-state index contributed by atoms with van der Waals surface area (Å²) in [5, 5.41) is 61.3. The van der Waals surface area contributed by atoms with Gasteiger partial charge in [-0.15, -0.1) is 0 Å². The second kappa shape index (κ2) is 16.4. The summed E-state index contributed by atoms with van der Waals surface area (Å²) in [6, 6.07) is 30.2. The SMILES string of the molecule is C[C@H](NC(=O)/C(C#N)=C/c1ccc(O)c(O)c1)c1ccccc1.C[C@H](NC(=O)/C(C#N)=C/c1ccc(O)c(O)c1)c1ccccc1. The van der Waals surface area contributed by atoms with Crippen LogP contribution in [0.1, 0.15) is 48.2 Å². The van der Waals surface area contributed by atoms with Crippen LogP contribution < -0.4 is 10.6 Å². The van der Waals surface area contributed by atoms with E-state index in [-0.39, 0.29) is 46.2 Å². The summed E-state index contributed by atoms with van der Waals surface area (Å²) in [6.07, 6.45) is 2.71. The van der Waals surface area contributed by atoms with Crippen LogP contribution in [0.3, 0.4) is 0 Å². The number of nitrogens with one attached hydrogen (secondary N) is 2. The van der Waals surface area contributed by atoms with Gasteiger partial charge < -0.3 is 31.1 Å². The highest BCUT2D eigenvalue weighted by atomic mass is 16.3. The molecule has 0 aliphatic heterocycles. The summed E-state index contributed by atoms with van der Waals surface area (Å²) in [4.78, 5) is 24.4. The lowest BCUT2D eigenvalue weighted by molar-refractivity contribution is -0.118. The third kappa shape index (κ3) is 9.76. The lowest BCUT2D eigenvalue weighted by Gasteiger charge is -2.13. The Hall–Kier alpha value is -6.52. The van der Waals surface area contributed by atoms with Gasteiger partial charge in [0, 0.05) is 0 Å². The Kier molecular flexibility index (Phi) is 12.1. The van der Waals surface area contributed by atoms with Gasteiger partial charge in [-0.1, -0.05) is 72.8 Å². The average molecular weight is 617 g/mol. The highest BCUT2D eigenvalue weighted by Crippen LogP contribution is 2.27. The minimum atomic E-state index is -0.503. The lowest BCUT2D eigenvalue weighted by atomic mass is 10.1. The average Bonchev–Trinajstić information content (AvgIpc) is 3.06. The quantitative estimate of drug-likeness (QED) is 0.0818. The summed E-state index contributed by atoms with van der Waals surface area (Å²) < 4.78 is 0. The number of carbonyl (C=O) groups excluding carboxylic acids is 2. The Bertz CT molecular complexity index is 1690. The van der Waals surface area contributed by atoms with Crippen molar-refractivity contribution in [1.82, 2.24) is 10.6 Å². The third-order valence-electron chi connectivity index (χ3n) is 6.65. The highest BCUT2D eigenvalue weighted by Gasteiger charge is 2.15. The van der Waals surface area contributed by atoms with Crippen molar-refractivity contribution < 1.29 is 30.0 Å². The van der Waals surface area contributed by atoms with E-state index in [1.165, 1.54) is 48.6 Å². The fraction of sp³-hybridized carbons (Fsp3) is 0.111. The van der Waals surface area contributed by atoms with Gasteiger partial charge >= 0.3 is 0 Å². The van der Waals surface area contributed by atoms with Crippen LogP contribution in [0.5, 0.6) is 23.0 Å². The molecular weight excluding hydrogens is 584 g/mol. The van der Waals surface area contributed by atoms with Crippen LogP contribution in [0.25, 0.3) is 12.2 Å². The summed E-state index contributed by atoms with van der Waals surface area (Å²) in [5.74, 6) is -2.15. The number of nitriles is 2. The van der Waals surface area contributed by atoms with E-state index in [1.807, 2.05) is 86.6 Å². The van der Waals surface area contributed by atoms with Crippen LogP contribution in [-0.4, -0.2) is 32.2 Å². The molecule has 2 atom stereocenters. The van der Waals surface area contributed by atoms with Crippen LogP contribution in [0, 0.1) is 22.7 Å². The first-order valence-electron chi connectivity index (χ1n) is 14.0. The molecule has 10 heteroatoms. The summed E-state index contributed by atoms with van der Waals surface area (Å²) in [7, 11) is 0. The maximum absolute atomic E-state index is 12.2. The molecule has 0 aromatic heterocycles. The fourth-order valence-electron chi connectivity index (χ4n) is 4.09. The van der Waals surface area contributed by atoms with E-state index in [2.05, 4.69) is 10.6 Å². The number of amides is 2. The Morgan fingerprint density at radius 3 is 1.24 bits per heavy atom. The van der Waals surface area contributed by atoms with Crippen LogP contribution in [0.15, 0.2) is 108 Å². The van der Waals surface area contributed by atoms with Crippen LogP contribution in [-0.2, 0) is 9.59 Å². The predicted molar refractivity (Wildman–Crippen MR) is 173 cm³/mol. The molecule has 0 saturated carbocycles. The molecule has 2 amide bonds. The summed E-state index contributed by atoms with van der Waals surface area (Å²) >= 11 is 0. The molecular formula is C36H32N4O6. The van der Waals surface area contributed by atoms with E-state index in [1.54, 1.807) is 0 Å². The minimum Gasteiger partial charge on any atom is -0.504 e. The molecule has 0 aliphatic rings. The lowest BCUT2D eigenvalue weighted by Crippen LogP contribution is -2.27. The van der Waals surface area contributed by atoms with Gasteiger partial charge in [0.1, 0.15) is 23.3 Å². The molecule has 0 heterocycles. The van der Waals surface area contributed by atoms with Gasteiger partial charge in [-0.25, -0.2) is 0 Å². The standard InChI is InChI=1S/2C18H16N2O3/c2*1-12(14-5-3-2-4-6-14)20-18(23)15(11-19)9-13-7-8-16(21)17(22)10-13/h2*2-10,12,21-22H,1H3,(H,20,23)/b2*15-9+/t2*12-/m00/s1. The van der Waals surface area contributed by atoms with Crippen molar-refractivity contribution in [2.24, 2.45) is 0 Å². The monoisotopic (exact) mass is 616 g/mol. The van der Waals surface area contributed by atoms with E-state index < -0.39 is 11.8 Å². The largest absolute Gasteiger partial charge is 0.504 e. The fourth-order valence-corrected chi connectivity index (χ4v) is 4.09. The molecule has 0 fully saturated rings. The number of carbonyl (C=O) groups is 2. The first-order valence-corrected chi connectivity index (χ1v) is 14.0. The van der Waals surface area contributed by atoms with E-state index >= 15 is 0 Å². The first-order chi connectivity index (χ1) is 22.0. The Balaban J connectivity index is 0.000000250. The molecule has 0 radical (unpaired) electrons. The van der Waals surface area contributed by atoms with Crippen molar-refractivity contribution >= 4 is 24.0 Å². The number of benzene rings is 4. The van der Waals surface area contributed by atoms with E-state index in [0.717, 1.165) is 11.1 Å². The van der Waals surface area contributed by atoms with Crippen molar-refractivity contribution in [1.29, 1.82) is 10.5 Å². The molecule has 10 nitrogen and oxygen atoms in total.